The second kappa shape index (κ2) is 6.79. The molecule has 0 N–H and O–H groups in total. The fraction of sp³-hybridized carbons (Fsp3) is 0.533. The lowest BCUT2D eigenvalue weighted by Crippen LogP contribution is -2.40. The average Bonchev–Trinajstić information content (AvgIpc) is 2.46. The number of hydrogen-bond donors (Lipinski definition) is 0. The van der Waals surface area contributed by atoms with E-state index in [-0.39, 0.29) is 10.8 Å². The van der Waals surface area contributed by atoms with Crippen LogP contribution < -0.4 is 0 Å². The van der Waals surface area contributed by atoms with Gasteiger partial charge in [-0.3, -0.25) is 4.79 Å². The Morgan fingerprint density at radius 1 is 1.43 bits per heavy atom. The van der Waals surface area contributed by atoms with E-state index in [1.165, 1.54) is 12.1 Å². The molecule has 1 unspecified atom stereocenters. The van der Waals surface area contributed by atoms with Crippen LogP contribution in [0, 0.1) is 5.92 Å². The van der Waals surface area contributed by atoms with Crippen LogP contribution in [0.1, 0.15) is 29.6 Å². The molecule has 1 heterocycles. The third kappa shape index (κ3) is 4.20. The van der Waals surface area contributed by atoms with E-state index >= 15 is 0 Å². The van der Waals surface area contributed by atoms with Crippen LogP contribution in [-0.4, -0.2) is 44.5 Å². The molecule has 0 saturated carbocycles. The van der Waals surface area contributed by atoms with Gasteiger partial charge >= 0.3 is 0 Å². The summed E-state index contributed by atoms with van der Waals surface area (Å²) in [5, 5.41) is 0. The maximum atomic E-state index is 12.5. The maximum absolute atomic E-state index is 12.5. The van der Waals surface area contributed by atoms with Gasteiger partial charge < -0.3 is 4.90 Å². The van der Waals surface area contributed by atoms with Gasteiger partial charge in [-0.2, -0.15) is 0 Å². The van der Waals surface area contributed by atoms with Crippen molar-refractivity contribution in [3.63, 3.8) is 0 Å². The number of sulfone groups is 1. The monoisotopic (exact) mass is 329 g/mol. The molecule has 1 saturated heterocycles. The molecule has 6 heteroatoms. The van der Waals surface area contributed by atoms with Gasteiger partial charge in [0, 0.05) is 30.8 Å². The number of hydrogen-bond acceptors (Lipinski definition) is 3. The number of halogens is 1. The van der Waals surface area contributed by atoms with Gasteiger partial charge in [0.25, 0.3) is 5.91 Å². The van der Waals surface area contributed by atoms with Crippen molar-refractivity contribution in [3.8, 4) is 0 Å². The van der Waals surface area contributed by atoms with Crippen LogP contribution in [0.2, 0.25) is 0 Å². The summed E-state index contributed by atoms with van der Waals surface area (Å²) in [7, 11) is -3.30. The van der Waals surface area contributed by atoms with E-state index in [1.807, 2.05) is 4.90 Å². The first kappa shape index (κ1) is 16.3. The summed E-state index contributed by atoms with van der Waals surface area (Å²) in [5.74, 6) is 0.953. The molecule has 2 rings (SSSR count). The van der Waals surface area contributed by atoms with Gasteiger partial charge in [0.1, 0.15) is 0 Å². The number of likely N-dealkylation sites (tertiary alicyclic amines) is 1. The van der Waals surface area contributed by atoms with E-state index in [0.717, 1.165) is 32.1 Å². The number of amides is 1. The number of alkyl halides is 1. The smallest absolute Gasteiger partial charge is 0.253 e. The lowest BCUT2D eigenvalue weighted by molar-refractivity contribution is 0.0671. The highest BCUT2D eigenvalue weighted by Gasteiger charge is 2.24. The molecule has 21 heavy (non-hydrogen) atoms. The van der Waals surface area contributed by atoms with Crippen molar-refractivity contribution in [1.82, 2.24) is 4.90 Å². The highest BCUT2D eigenvalue weighted by atomic mass is 35.5. The fourth-order valence-electron chi connectivity index (χ4n) is 2.68. The van der Waals surface area contributed by atoms with E-state index in [2.05, 4.69) is 0 Å². The molecule has 116 valence electrons. The zero-order valence-electron chi connectivity index (χ0n) is 12.1. The predicted octanol–water partition coefficient (Wildman–Crippen LogP) is 2.57. The zero-order chi connectivity index (χ0) is 15.5. The Kier molecular flexibility index (Phi) is 5.27. The molecule has 1 fully saturated rings. The minimum atomic E-state index is -3.30. The highest BCUT2D eigenvalue weighted by Crippen LogP contribution is 2.22. The summed E-state index contributed by atoms with van der Waals surface area (Å²) in [6, 6.07) is 6.26. The number of carbonyl (C=O) groups is 1. The maximum Gasteiger partial charge on any atom is 0.253 e. The van der Waals surface area contributed by atoms with Gasteiger partial charge in [0.2, 0.25) is 0 Å². The first-order valence-electron chi connectivity index (χ1n) is 7.07. The Morgan fingerprint density at radius 2 is 2.19 bits per heavy atom. The Bertz CT molecular complexity index is 613. The van der Waals surface area contributed by atoms with Gasteiger partial charge in [-0.05, 0) is 43.4 Å². The number of carbonyl (C=O) groups excluding carboxylic acids is 1. The van der Waals surface area contributed by atoms with Crippen LogP contribution >= 0.6 is 11.6 Å². The minimum absolute atomic E-state index is 0.0974. The molecule has 1 aromatic carbocycles. The van der Waals surface area contributed by atoms with Gasteiger partial charge in [-0.15, -0.1) is 11.6 Å². The summed E-state index contributed by atoms with van der Waals surface area (Å²) >= 11 is 5.78. The van der Waals surface area contributed by atoms with Crippen LogP contribution in [0.15, 0.2) is 29.2 Å². The van der Waals surface area contributed by atoms with E-state index < -0.39 is 9.84 Å². The van der Waals surface area contributed by atoms with Gasteiger partial charge in [0.05, 0.1) is 4.90 Å². The van der Waals surface area contributed by atoms with Crippen LogP contribution in [0.4, 0.5) is 0 Å². The SMILES string of the molecule is CS(=O)(=O)c1cccc(C(=O)N2CCCC(CCCl)C2)c1. The first-order valence-corrected chi connectivity index (χ1v) is 9.50. The largest absolute Gasteiger partial charge is 0.338 e. The molecule has 0 bridgehead atoms. The van der Waals surface area contributed by atoms with Gasteiger partial charge in [-0.25, -0.2) is 8.42 Å². The van der Waals surface area contributed by atoms with E-state index in [0.29, 0.717) is 23.9 Å². The number of piperidine rings is 1. The third-order valence-electron chi connectivity index (χ3n) is 3.83. The summed E-state index contributed by atoms with van der Waals surface area (Å²) in [6.45, 7) is 1.43. The normalized spacial score (nSPS) is 19.5. The Morgan fingerprint density at radius 3 is 2.86 bits per heavy atom. The second-order valence-electron chi connectivity index (χ2n) is 5.54. The zero-order valence-corrected chi connectivity index (χ0v) is 13.7. The molecule has 0 aromatic heterocycles. The van der Waals surface area contributed by atoms with E-state index in [4.69, 9.17) is 11.6 Å². The molecule has 0 radical (unpaired) electrons. The Labute approximate surface area is 131 Å². The van der Waals surface area contributed by atoms with Crippen molar-refractivity contribution in [2.24, 2.45) is 5.92 Å². The van der Waals surface area contributed by atoms with Crippen LogP contribution in [0.5, 0.6) is 0 Å². The second-order valence-corrected chi connectivity index (χ2v) is 7.93. The van der Waals surface area contributed by atoms with Crippen molar-refractivity contribution >= 4 is 27.3 Å². The summed E-state index contributed by atoms with van der Waals surface area (Å²) in [6.07, 6.45) is 4.13. The predicted molar refractivity (Wildman–Crippen MR) is 83.5 cm³/mol. The third-order valence-corrected chi connectivity index (χ3v) is 5.16. The molecule has 1 atom stereocenters. The van der Waals surface area contributed by atoms with E-state index in [1.54, 1.807) is 12.1 Å². The van der Waals surface area contributed by atoms with Crippen molar-refractivity contribution in [1.29, 1.82) is 0 Å². The first-order chi connectivity index (χ1) is 9.91. The fourth-order valence-corrected chi connectivity index (χ4v) is 3.66. The minimum Gasteiger partial charge on any atom is -0.338 e. The molecule has 0 spiro atoms. The molecule has 1 aliphatic heterocycles. The molecular formula is C15H20ClNO3S. The highest BCUT2D eigenvalue weighted by molar-refractivity contribution is 7.90. The molecular weight excluding hydrogens is 310 g/mol. The lowest BCUT2D eigenvalue weighted by Gasteiger charge is -2.32. The summed E-state index contributed by atoms with van der Waals surface area (Å²) < 4.78 is 23.2. The lowest BCUT2D eigenvalue weighted by atomic mass is 9.95. The molecule has 1 aromatic rings. The summed E-state index contributed by atoms with van der Waals surface area (Å²) in [4.78, 5) is 14.5. The summed E-state index contributed by atoms with van der Waals surface area (Å²) in [5.41, 5.74) is 0.435. The Balaban J connectivity index is 2.16. The Hall–Kier alpha value is -1.07. The van der Waals surface area contributed by atoms with Gasteiger partial charge in [0.15, 0.2) is 9.84 Å². The quantitative estimate of drug-likeness (QED) is 0.798. The van der Waals surface area contributed by atoms with Gasteiger partial charge in [-0.1, -0.05) is 6.07 Å². The number of benzene rings is 1. The molecule has 4 nitrogen and oxygen atoms in total. The van der Waals surface area contributed by atoms with Crippen LogP contribution in [0.25, 0.3) is 0 Å². The van der Waals surface area contributed by atoms with E-state index in [9.17, 15) is 13.2 Å². The molecule has 1 amide bonds. The van der Waals surface area contributed by atoms with Crippen molar-refractivity contribution < 1.29 is 13.2 Å². The number of rotatable bonds is 4. The topological polar surface area (TPSA) is 54.5 Å². The van der Waals surface area contributed by atoms with Crippen LogP contribution in [-0.2, 0) is 9.84 Å². The van der Waals surface area contributed by atoms with Crippen molar-refractivity contribution in [2.45, 2.75) is 24.2 Å². The van der Waals surface area contributed by atoms with Crippen molar-refractivity contribution in [2.75, 3.05) is 25.2 Å². The number of nitrogens with zero attached hydrogens (tertiary/aromatic N) is 1. The standard InChI is InChI=1S/C15H20ClNO3S/c1-21(19,20)14-6-2-5-13(10-14)15(18)17-9-3-4-12(11-17)7-8-16/h2,5-6,10,12H,3-4,7-9,11H2,1H3. The van der Waals surface area contributed by atoms with Crippen molar-refractivity contribution in [3.05, 3.63) is 29.8 Å². The average molecular weight is 330 g/mol. The van der Waals surface area contributed by atoms with Crippen LogP contribution in [0.3, 0.4) is 0 Å². The molecule has 1 aliphatic rings. The molecule has 0 aliphatic carbocycles.